The number of halogens is 4. The molecule has 0 radical (unpaired) electrons. The summed E-state index contributed by atoms with van der Waals surface area (Å²) < 4.78 is 57.6. The van der Waals surface area contributed by atoms with E-state index in [9.17, 15) is 22.4 Å². The van der Waals surface area contributed by atoms with Crippen LogP contribution in [0.1, 0.15) is 28.9 Å². The first-order chi connectivity index (χ1) is 13.7. The summed E-state index contributed by atoms with van der Waals surface area (Å²) in [5, 5.41) is 6.84. The molecule has 0 atom stereocenters. The zero-order valence-electron chi connectivity index (χ0n) is 15.8. The molecule has 3 aromatic rings. The summed E-state index contributed by atoms with van der Waals surface area (Å²) in [4.78, 5) is 16.7. The molecule has 29 heavy (non-hydrogen) atoms. The van der Waals surface area contributed by atoms with E-state index >= 15 is 0 Å². The fourth-order valence-corrected chi connectivity index (χ4v) is 3.07. The second-order valence-electron chi connectivity index (χ2n) is 6.52. The first-order valence-electron chi connectivity index (χ1n) is 8.64. The fourth-order valence-electron chi connectivity index (χ4n) is 3.07. The number of fused-ring (bicyclic) bond motifs is 1. The quantitative estimate of drug-likeness (QED) is 0.606. The highest BCUT2D eigenvalue weighted by molar-refractivity contribution is 5.93. The summed E-state index contributed by atoms with van der Waals surface area (Å²) in [7, 11) is 0. The molecule has 0 aliphatic rings. The van der Waals surface area contributed by atoms with Gasteiger partial charge in [-0.15, -0.1) is 0 Å². The van der Waals surface area contributed by atoms with E-state index in [0.717, 1.165) is 5.56 Å². The molecule has 0 aliphatic heterocycles. The second-order valence-corrected chi connectivity index (χ2v) is 6.52. The average Bonchev–Trinajstić information content (AvgIpc) is 2.91. The number of alkyl halides is 4. The molecule has 0 spiro atoms. The lowest BCUT2D eigenvalue weighted by Crippen LogP contribution is -2.20. The Labute approximate surface area is 163 Å². The first kappa shape index (κ1) is 20.6. The van der Waals surface area contributed by atoms with Crippen LogP contribution in [0.25, 0.3) is 11.0 Å². The van der Waals surface area contributed by atoms with E-state index in [2.05, 4.69) is 20.1 Å². The minimum atomic E-state index is -3.05. The molecule has 1 aromatic carbocycles. The lowest BCUT2D eigenvalue weighted by atomic mass is 10.1. The van der Waals surface area contributed by atoms with Crippen molar-refractivity contribution >= 4 is 22.6 Å². The number of amides is 1. The molecular formula is C19H18F4N4O2. The van der Waals surface area contributed by atoms with Gasteiger partial charge in [-0.3, -0.25) is 4.79 Å². The van der Waals surface area contributed by atoms with Crippen LogP contribution in [0.5, 0.6) is 5.75 Å². The Morgan fingerprint density at radius 1 is 1.17 bits per heavy atom. The maximum atomic E-state index is 13.4. The van der Waals surface area contributed by atoms with Gasteiger partial charge in [-0.05, 0) is 44.5 Å². The van der Waals surface area contributed by atoms with Gasteiger partial charge in [0.05, 0.1) is 16.8 Å². The normalized spacial score (nSPS) is 11.5. The van der Waals surface area contributed by atoms with Gasteiger partial charge in [0.15, 0.2) is 5.65 Å². The van der Waals surface area contributed by atoms with E-state index in [4.69, 9.17) is 0 Å². The number of ether oxygens (including phenoxy) is 1. The van der Waals surface area contributed by atoms with Crippen molar-refractivity contribution in [2.45, 2.75) is 40.4 Å². The number of aryl methyl sites for hydroxylation is 3. The Balaban J connectivity index is 1.91. The second kappa shape index (κ2) is 8.06. The number of carbonyl (C=O) groups excluding carboxylic acids is 1. The van der Waals surface area contributed by atoms with Crippen molar-refractivity contribution in [3.05, 3.63) is 46.8 Å². The van der Waals surface area contributed by atoms with Crippen LogP contribution in [0.15, 0.2) is 24.3 Å². The monoisotopic (exact) mass is 410 g/mol. The minimum Gasteiger partial charge on any atom is -0.433 e. The smallest absolute Gasteiger partial charge is 0.387 e. The van der Waals surface area contributed by atoms with Gasteiger partial charge in [-0.2, -0.15) is 13.9 Å². The molecule has 0 saturated heterocycles. The number of aromatic nitrogens is 3. The molecule has 1 N–H and O–H groups in total. The van der Waals surface area contributed by atoms with Gasteiger partial charge in [-0.25, -0.2) is 18.4 Å². The van der Waals surface area contributed by atoms with Crippen molar-refractivity contribution in [2.24, 2.45) is 0 Å². The van der Waals surface area contributed by atoms with Crippen molar-refractivity contribution in [2.75, 3.05) is 5.32 Å². The van der Waals surface area contributed by atoms with Crippen LogP contribution in [0.3, 0.4) is 0 Å². The van der Waals surface area contributed by atoms with Gasteiger partial charge in [0.25, 0.3) is 6.43 Å². The molecule has 2 aromatic heterocycles. The van der Waals surface area contributed by atoms with Crippen molar-refractivity contribution in [3.63, 3.8) is 0 Å². The topological polar surface area (TPSA) is 69.0 Å². The fraction of sp³-hybridized carbons (Fsp3) is 0.316. The Morgan fingerprint density at radius 3 is 2.55 bits per heavy atom. The minimum absolute atomic E-state index is 0.0703. The average molecular weight is 410 g/mol. The predicted octanol–water partition coefficient (Wildman–Crippen LogP) is 4.53. The number of pyridine rings is 1. The summed E-state index contributed by atoms with van der Waals surface area (Å²) in [5.41, 5.74) is 1.42. The third-order valence-electron chi connectivity index (χ3n) is 4.19. The predicted molar refractivity (Wildman–Crippen MR) is 98.4 cm³/mol. The lowest BCUT2D eigenvalue weighted by molar-refractivity contribution is -0.116. The van der Waals surface area contributed by atoms with E-state index in [0.29, 0.717) is 11.4 Å². The molecule has 154 valence electrons. The molecule has 0 unspecified atom stereocenters. The third kappa shape index (κ3) is 4.47. The van der Waals surface area contributed by atoms with Crippen LogP contribution in [0.4, 0.5) is 23.2 Å². The number of rotatable bonds is 6. The molecule has 0 fully saturated rings. The van der Waals surface area contributed by atoms with Crippen LogP contribution >= 0.6 is 0 Å². The zero-order valence-corrected chi connectivity index (χ0v) is 15.8. The molecule has 10 heteroatoms. The van der Waals surface area contributed by atoms with Crippen molar-refractivity contribution in [1.29, 1.82) is 0 Å². The largest absolute Gasteiger partial charge is 0.433 e. The maximum Gasteiger partial charge on any atom is 0.387 e. The van der Waals surface area contributed by atoms with Crippen LogP contribution < -0.4 is 10.1 Å². The Hall–Kier alpha value is -3.17. The highest BCUT2D eigenvalue weighted by atomic mass is 19.3. The van der Waals surface area contributed by atoms with Gasteiger partial charge in [0, 0.05) is 11.3 Å². The van der Waals surface area contributed by atoms with Crippen molar-refractivity contribution in [1.82, 2.24) is 14.8 Å². The summed E-state index contributed by atoms with van der Waals surface area (Å²) in [6.45, 7) is 1.45. The molecule has 3 rings (SSSR count). The standard InChI is InChI=1S/C19H18F4N4O2/c1-9-4-5-14(29-19(22)23)13(6-9)25-15(28)8-27-18-16(11(3)26-27)12(17(20)21)7-10(2)24-18/h4-7,17,19H,8H2,1-3H3,(H,25,28). The SMILES string of the molecule is Cc1ccc(OC(F)F)c(NC(=O)Cn2nc(C)c3c(C(F)F)cc(C)nc32)c1. The summed E-state index contributed by atoms with van der Waals surface area (Å²) in [6, 6.07) is 5.66. The van der Waals surface area contributed by atoms with Gasteiger partial charge >= 0.3 is 6.61 Å². The number of benzene rings is 1. The number of anilines is 1. The molecular weight excluding hydrogens is 392 g/mol. The number of hydrogen-bond acceptors (Lipinski definition) is 4. The zero-order chi connectivity index (χ0) is 21.3. The Morgan fingerprint density at radius 2 is 1.90 bits per heavy atom. The van der Waals surface area contributed by atoms with Crippen LogP contribution in [0.2, 0.25) is 0 Å². The van der Waals surface area contributed by atoms with Crippen LogP contribution in [-0.2, 0) is 11.3 Å². The molecule has 1 amide bonds. The van der Waals surface area contributed by atoms with E-state index in [-0.39, 0.29) is 34.6 Å². The van der Waals surface area contributed by atoms with E-state index < -0.39 is 18.9 Å². The lowest BCUT2D eigenvalue weighted by Gasteiger charge is -2.13. The number of nitrogens with one attached hydrogen (secondary N) is 1. The Bertz CT molecular complexity index is 1070. The molecule has 2 heterocycles. The summed E-state index contributed by atoms with van der Waals surface area (Å²) in [5.74, 6) is -0.782. The third-order valence-corrected chi connectivity index (χ3v) is 4.19. The number of hydrogen-bond donors (Lipinski definition) is 1. The first-order valence-corrected chi connectivity index (χ1v) is 8.64. The number of carbonyl (C=O) groups is 1. The summed E-state index contributed by atoms with van der Waals surface area (Å²) in [6.07, 6.45) is -2.72. The van der Waals surface area contributed by atoms with Crippen LogP contribution in [0, 0.1) is 20.8 Å². The van der Waals surface area contributed by atoms with E-state index in [1.54, 1.807) is 26.8 Å². The van der Waals surface area contributed by atoms with Gasteiger partial charge in [0.1, 0.15) is 12.3 Å². The molecule has 0 bridgehead atoms. The molecule has 0 aliphatic carbocycles. The number of nitrogens with zero attached hydrogens (tertiary/aromatic N) is 3. The maximum absolute atomic E-state index is 13.4. The molecule has 0 saturated carbocycles. The van der Waals surface area contributed by atoms with E-state index in [1.165, 1.54) is 22.9 Å². The summed E-state index contributed by atoms with van der Waals surface area (Å²) >= 11 is 0. The Kier molecular flexibility index (Phi) is 5.71. The van der Waals surface area contributed by atoms with Crippen molar-refractivity contribution < 1.29 is 27.1 Å². The molecule has 6 nitrogen and oxygen atoms in total. The highest BCUT2D eigenvalue weighted by Gasteiger charge is 2.21. The van der Waals surface area contributed by atoms with Gasteiger partial charge in [0.2, 0.25) is 5.91 Å². The van der Waals surface area contributed by atoms with E-state index in [1.807, 2.05) is 0 Å². The van der Waals surface area contributed by atoms with Crippen molar-refractivity contribution in [3.8, 4) is 5.75 Å². The van der Waals surface area contributed by atoms with Gasteiger partial charge < -0.3 is 10.1 Å². The highest BCUT2D eigenvalue weighted by Crippen LogP contribution is 2.30. The van der Waals surface area contributed by atoms with Crippen LogP contribution in [-0.4, -0.2) is 27.3 Å². The van der Waals surface area contributed by atoms with Gasteiger partial charge in [-0.1, -0.05) is 6.07 Å².